The van der Waals surface area contributed by atoms with Gasteiger partial charge in [0.25, 0.3) is 0 Å². The Balaban J connectivity index is 1.82. The van der Waals surface area contributed by atoms with Gasteiger partial charge < -0.3 is 4.74 Å². The fourth-order valence-corrected chi connectivity index (χ4v) is 5.17. The van der Waals surface area contributed by atoms with Crippen LogP contribution in [0.4, 0.5) is 0 Å². The molecular formula is C12H21NO3S. The third-order valence-corrected chi connectivity index (χ3v) is 6.22. The van der Waals surface area contributed by atoms with Gasteiger partial charge in [-0.05, 0) is 18.8 Å². The van der Waals surface area contributed by atoms with E-state index in [-0.39, 0.29) is 17.6 Å². The van der Waals surface area contributed by atoms with E-state index in [1.807, 2.05) is 0 Å². The van der Waals surface area contributed by atoms with Crippen LogP contribution >= 0.6 is 0 Å². The van der Waals surface area contributed by atoms with E-state index in [1.54, 1.807) is 0 Å². The average molecular weight is 259 g/mol. The van der Waals surface area contributed by atoms with E-state index in [9.17, 15) is 8.42 Å². The Bertz CT molecular complexity index is 427. The van der Waals surface area contributed by atoms with Crippen LogP contribution in [0.3, 0.4) is 0 Å². The second-order valence-corrected chi connectivity index (χ2v) is 8.52. The van der Waals surface area contributed by atoms with Gasteiger partial charge >= 0.3 is 0 Å². The van der Waals surface area contributed by atoms with E-state index < -0.39 is 15.6 Å². The molecule has 98 valence electrons. The van der Waals surface area contributed by atoms with E-state index in [0.717, 1.165) is 6.54 Å². The molecule has 0 amide bonds. The largest absolute Gasteiger partial charge is 0.355 e. The van der Waals surface area contributed by atoms with Crippen molar-refractivity contribution in [3.8, 4) is 0 Å². The fraction of sp³-hybridized carbons (Fsp3) is 1.00. The molecule has 1 saturated carbocycles. The zero-order valence-corrected chi connectivity index (χ0v) is 11.3. The van der Waals surface area contributed by atoms with E-state index >= 15 is 0 Å². The first-order valence-electron chi connectivity index (χ1n) is 6.50. The van der Waals surface area contributed by atoms with Crippen molar-refractivity contribution in [1.82, 2.24) is 5.32 Å². The normalized spacial score (nSPS) is 42.4. The molecule has 0 radical (unpaired) electrons. The molecule has 1 aliphatic carbocycles. The van der Waals surface area contributed by atoms with Crippen molar-refractivity contribution in [2.24, 2.45) is 11.3 Å². The molecule has 0 bridgehead atoms. The van der Waals surface area contributed by atoms with Crippen LogP contribution in [0.5, 0.6) is 0 Å². The van der Waals surface area contributed by atoms with Crippen LogP contribution in [-0.2, 0) is 14.6 Å². The number of ether oxygens (including phenoxy) is 1. The molecule has 0 aromatic carbocycles. The van der Waals surface area contributed by atoms with Crippen molar-refractivity contribution >= 4 is 9.84 Å². The van der Waals surface area contributed by atoms with Crippen LogP contribution in [-0.4, -0.2) is 38.3 Å². The van der Waals surface area contributed by atoms with Crippen LogP contribution in [0.25, 0.3) is 0 Å². The van der Waals surface area contributed by atoms with Crippen molar-refractivity contribution < 1.29 is 13.2 Å². The molecule has 0 aromatic heterocycles. The van der Waals surface area contributed by atoms with Crippen molar-refractivity contribution in [3.05, 3.63) is 0 Å². The molecule has 3 rings (SSSR count). The lowest BCUT2D eigenvalue weighted by Gasteiger charge is -2.45. The Morgan fingerprint density at radius 1 is 1.29 bits per heavy atom. The van der Waals surface area contributed by atoms with E-state index in [0.29, 0.717) is 17.8 Å². The molecule has 3 aliphatic rings. The molecule has 2 aliphatic heterocycles. The molecule has 2 unspecified atom stereocenters. The summed E-state index contributed by atoms with van der Waals surface area (Å²) in [4.78, 5) is 0. The lowest BCUT2D eigenvalue weighted by molar-refractivity contribution is -0.174. The summed E-state index contributed by atoms with van der Waals surface area (Å²) in [6.07, 6.45) is 3.25. The summed E-state index contributed by atoms with van der Waals surface area (Å²) < 4.78 is 29.5. The average Bonchev–Trinajstić information content (AvgIpc) is 2.94. The van der Waals surface area contributed by atoms with E-state index in [2.05, 4.69) is 19.2 Å². The minimum absolute atomic E-state index is 0.152. The lowest BCUT2D eigenvalue weighted by Crippen LogP contribution is -2.61. The molecular weight excluding hydrogens is 238 g/mol. The van der Waals surface area contributed by atoms with E-state index in [4.69, 9.17) is 4.74 Å². The summed E-state index contributed by atoms with van der Waals surface area (Å²) in [7, 11) is -2.91. The Morgan fingerprint density at radius 2 is 2.00 bits per heavy atom. The Morgan fingerprint density at radius 3 is 2.47 bits per heavy atom. The lowest BCUT2D eigenvalue weighted by atomic mass is 9.87. The van der Waals surface area contributed by atoms with Crippen molar-refractivity contribution in [1.29, 1.82) is 0 Å². The van der Waals surface area contributed by atoms with Gasteiger partial charge in [0.2, 0.25) is 0 Å². The highest BCUT2D eigenvalue weighted by Crippen LogP contribution is 2.55. The number of rotatable bonds is 1. The Labute approximate surface area is 103 Å². The number of sulfone groups is 1. The summed E-state index contributed by atoms with van der Waals surface area (Å²) in [6.45, 7) is 5.27. The summed E-state index contributed by atoms with van der Waals surface area (Å²) in [5.74, 6) is 0.872. The fourth-order valence-electron chi connectivity index (χ4n) is 3.36. The maximum absolute atomic E-state index is 11.6. The molecule has 2 spiro atoms. The Hall–Kier alpha value is -0.130. The van der Waals surface area contributed by atoms with Crippen LogP contribution in [0.2, 0.25) is 0 Å². The van der Waals surface area contributed by atoms with Crippen molar-refractivity contribution in [3.63, 3.8) is 0 Å². The number of nitrogens with one attached hydrogen (secondary N) is 1. The molecule has 3 fully saturated rings. The Kier molecular flexibility index (Phi) is 2.42. The first-order valence-corrected chi connectivity index (χ1v) is 8.32. The molecule has 0 aromatic rings. The van der Waals surface area contributed by atoms with Gasteiger partial charge in [0.1, 0.15) is 5.72 Å². The summed E-state index contributed by atoms with van der Waals surface area (Å²) in [5.41, 5.74) is -0.284. The third kappa shape index (κ3) is 1.92. The maximum atomic E-state index is 11.6. The van der Waals surface area contributed by atoms with Crippen LogP contribution in [0.15, 0.2) is 0 Å². The van der Waals surface area contributed by atoms with Crippen molar-refractivity contribution in [2.75, 3.05) is 18.1 Å². The second-order valence-electron chi connectivity index (χ2n) is 6.33. The monoisotopic (exact) mass is 259 g/mol. The van der Waals surface area contributed by atoms with Crippen LogP contribution < -0.4 is 5.32 Å². The van der Waals surface area contributed by atoms with E-state index in [1.165, 1.54) is 12.8 Å². The summed E-state index contributed by atoms with van der Waals surface area (Å²) in [5, 5.41) is 3.39. The molecule has 2 atom stereocenters. The first-order chi connectivity index (χ1) is 7.87. The smallest absolute Gasteiger partial charge is 0.154 e. The highest BCUT2D eigenvalue weighted by Gasteiger charge is 2.59. The minimum atomic E-state index is -2.91. The zero-order valence-electron chi connectivity index (χ0n) is 10.5. The predicted octanol–water partition coefficient (Wildman–Crippen LogP) is 0.926. The SMILES string of the molecule is CC(C)C1OC2(CCS(=O)(=O)C2)NCC12CC2. The van der Waals surface area contributed by atoms with Gasteiger partial charge in [0, 0.05) is 18.4 Å². The standard InChI is InChI=1S/C12H21NO3S/c1-9(2)10-11(3-4-11)7-13-12(16-10)5-6-17(14,15)8-12/h9-10,13H,3-8H2,1-2H3. The van der Waals surface area contributed by atoms with Gasteiger partial charge in [-0.1, -0.05) is 13.8 Å². The molecule has 2 heterocycles. The highest BCUT2D eigenvalue weighted by molar-refractivity contribution is 7.91. The van der Waals surface area contributed by atoms with Crippen LogP contribution in [0.1, 0.15) is 33.1 Å². The van der Waals surface area contributed by atoms with Crippen LogP contribution in [0, 0.1) is 11.3 Å². The quantitative estimate of drug-likeness (QED) is 0.761. The third-order valence-electron chi connectivity index (χ3n) is 4.49. The van der Waals surface area contributed by atoms with Gasteiger partial charge in [-0.15, -0.1) is 0 Å². The molecule has 17 heavy (non-hydrogen) atoms. The summed E-state index contributed by atoms with van der Waals surface area (Å²) >= 11 is 0. The highest BCUT2D eigenvalue weighted by atomic mass is 32.2. The number of hydrogen-bond acceptors (Lipinski definition) is 4. The van der Waals surface area contributed by atoms with Gasteiger partial charge in [-0.25, -0.2) is 8.42 Å². The second kappa shape index (κ2) is 3.45. The first kappa shape index (κ1) is 11.9. The predicted molar refractivity (Wildman–Crippen MR) is 65.4 cm³/mol. The topological polar surface area (TPSA) is 55.4 Å². The molecule has 2 saturated heterocycles. The van der Waals surface area contributed by atoms with Gasteiger partial charge in [-0.2, -0.15) is 0 Å². The minimum Gasteiger partial charge on any atom is -0.355 e. The molecule has 4 nitrogen and oxygen atoms in total. The zero-order chi connectivity index (χ0) is 12.3. The van der Waals surface area contributed by atoms with Gasteiger partial charge in [-0.3, -0.25) is 5.32 Å². The molecule has 5 heteroatoms. The summed E-state index contributed by atoms with van der Waals surface area (Å²) in [6, 6.07) is 0. The van der Waals surface area contributed by atoms with Crippen molar-refractivity contribution in [2.45, 2.75) is 44.9 Å². The maximum Gasteiger partial charge on any atom is 0.154 e. The molecule has 1 N–H and O–H groups in total. The van der Waals surface area contributed by atoms with Gasteiger partial charge in [0.15, 0.2) is 9.84 Å². The van der Waals surface area contributed by atoms with Gasteiger partial charge in [0.05, 0.1) is 17.6 Å². The number of hydrogen-bond donors (Lipinski definition) is 1.